The smallest absolute Gasteiger partial charge is 0.213 e. The van der Waals surface area contributed by atoms with Gasteiger partial charge in [-0.25, -0.2) is 9.98 Å². The zero-order valence-electron chi connectivity index (χ0n) is 17.1. The van der Waals surface area contributed by atoms with Crippen LogP contribution in [0.2, 0.25) is 0 Å². The van der Waals surface area contributed by atoms with Crippen molar-refractivity contribution in [3.8, 4) is 5.88 Å². The van der Waals surface area contributed by atoms with Gasteiger partial charge < -0.3 is 9.64 Å². The third-order valence-corrected chi connectivity index (χ3v) is 4.35. The third kappa shape index (κ3) is 5.87. The highest BCUT2D eigenvalue weighted by Crippen LogP contribution is 2.21. The largest absolute Gasteiger partial charge is 0.474 e. The molecule has 26 heavy (non-hydrogen) atoms. The number of nitrogens with zero attached hydrogens (tertiary/aromatic N) is 3. The highest BCUT2D eigenvalue weighted by Gasteiger charge is 2.09. The zero-order valence-corrected chi connectivity index (χ0v) is 17.1. The molecule has 1 unspecified atom stereocenters. The number of hydrogen-bond acceptors (Lipinski definition) is 3. The molecule has 0 aliphatic carbocycles. The van der Waals surface area contributed by atoms with Crippen molar-refractivity contribution in [1.29, 1.82) is 0 Å². The maximum absolute atomic E-state index is 6.02. The van der Waals surface area contributed by atoms with E-state index in [0.29, 0.717) is 11.9 Å². The molecule has 1 aromatic carbocycles. The molecule has 140 valence electrons. The summed E-state index contributed by atoms with van der Waals surface area (Å²) in [4.78, 5) is 11.1. The van der Waals surface area contributed by atoms with Gasteiger partial charge in [0.15, 0.2) is 0 Å². The standard InChI is InChI=1S/C22H31N3O/c1-15(2)25(7)14-23-21-8-9-22(24-19(21)6)26-18(5)13-20-11-16(3)10-17(4)12-20/h8-12,14-15,18H,13H2,1-7H3. The number of aryl methyl sites for hydroxylation is 3. The molecule has 0 saturated carbocycles. The summed E-state index contributed by atoms with van der Waals surface area (Å²) in [6.45, 7) is 12.6. The van der Waals surface area contributed by atoms with Gasteiger partial charge in [0, 0.05) is 25.6 Å². The Morgan fingerprint density at radius 3 is 2.31 bits per heavy atom. The molecule has 1 atom stereocenters. The van der Waals surface area contributed by atoms with Crippen LogP contribution in [0.4, 0.5) is 5.69 Å². The van der Waals surface area contributed by atoms with Crippen molar-refractivity contribution in [2.75, 3.05) is 7.05 Å². The number of pyridine rings is 1. The number of ether oxygens (including phenoxy) is 1. The first kappa shape index (κ1) is 20.0. The number of benzene rings is 1. The minimum Gasteiger partial charge on any atom is -0.474 e. The van der Waals surface area contributed by atoms with Crippen LogP contribution in [0.3, 0.4) is 0 Å². The quantitative estimate of drug-likeness (QED) is 0.518. The molecule has 1 aromatic heterocycles. The van der Waals surface area contributed by atoms with E-state index in [2.05, 4.69) is 67.7 Å². The molecule has 0 fully saturated rings. The van der Waals surface area contributed by atoms with Crippen LogP contribution >= 0.6 is 0 Å². The van der Waals surface area contributed by atoms with E-state index in [1.807, 2.05) is 32.4 Å². The third-order valence-electron chi connectivity index (χ3n) is 4.35. The van der Waals surface area contributed by atoms with E-state index in [4.69, 9.17) is 4.74 Å². The van der Waals surface area contributed by atoms with Crippen LogP contribution in [0.15, 0.2) is 35.3 Å². The molecular formula is C22H31N3O. The zero-order chi connectivity index (χ0) is 19.3. The Morgan fingerprint density at radius 2 is 1.73 bits per heavy atom. The average Bonchev–Trinajstić information content (AvgIpc) is 2.52. The van der Waals surface area contributed by atoms with Gasteiger partial charge >= 0.3 is 0 Å². The lowest BCUT2D eigenvalue weighted by molar-refractivity contribution is 0.213. The molecule has 1 heterocycles. The Hall–Kier alpha value is -2.36. The van der Waals surface area contributed by atoms with Crippen molar-refractivity contribution in [3.63, 3.8) is 0 Å². The molecule has 4 heteroatoms. The molecule has 0 radical (unpaired) electrons. The fraction of sp³-hybridized carbons (Fsp3) is 0.455. The summed E-state index contributed by atoms with van der Waals surface area (Å²) >= 11 is 0. The van der Waals surface area contributed by atoms with Gasteiger partial charge in [0.2, 0.25) is 5.88 Å². The predicted molar refractivity (Wildman–Crippen MR) is 110 cm³/mol. The molecule has 2 aromatic rings. The molecule has 0 aliphatic rings. The maximum Gasteiger partial charge on any atom is 0.213 e. The molecular weight excluding hydrogens is 322 g/mol. The molecule has 2 rings (SSSR count). The van der Waals surface area contributed by atoms with Gasteiger partial charge in [0.1, 0.15) is 6.10 Å². The molecule has 4 nitrogen and oxygen atoms in total. The van der Waals surface area contributed by atoms with Crippen LogP contribution in [-0.2, 0) is 6.42 Å². The van der Waals surface area contributed by atoms with E-state index < -0.39 is 0 Å². The fourth-order valence-electron chi connectivity index (χ4n) is 2.79. The van der Waals surface area contributed by atoms with Crippen molar-refractivity contribution in [1.82, 2.24) is 9.88 Å². The SMILES string of the molecule is Cc1cc(C)cc(CC(C)Oc2ccc(N=CN(C)C(C)C)c(C)n2)c1. The summed E-state index contributed by atoms with van der Waals surface area (Å²) in [6.07, 6.45) is 2.77. The van der Waals surface area contributed by atoms with E-state index >= 15 is 0 Å². The normalized spacial score (nSPS) is 12.6. The highest BCUT2D eigenvalue weighted by atomic mass is 16.5. The summed E-state index contributed by atoms with van der Waals surface area (Å²) in [5, 5.41) is 0. The first-order chi connectivity index (χ1) is 12.2. The van der Waals surface area contributed by atoms with Crippen molar-refractivity contribution in [2.24, 2.45) is 4.99 Å². The molecule has 0 aliphatic heterocycles. The van der Waals surface area contributed by atoms with Crippen LogP contribution < -0.4 is 4.74 Å². The van der Waals surface area contributed by atoms with Crippen molar-refractivity contribution in [3.05, 3.63) is 52.7 Å². The second kappa shape index (κ2) is 8.84. The van der Waals surface area contributed by atoms with Gasteiger partial charge in [-0.2, -0.15) is 0 Å². The second-order valence-corrected chi connectivity index (χ2v) is 7.39. The van der Waals surface area contributed by atoms with Gasteiger partial charge in [-0.15, -0.1) is 0 Å². The van der Waals surface area contributed by atoms with Gasteiger partial charge in [-0.3, -0.25) is 0 Å². The average molecular weight is 354 g/mol. The topological polar surface area (TPSA) is 37.7 Å². The van der Waals surface area contributed by atoms with E-state index in [1.165, 1.54) is 16.7 Å². The van der Waals surface area contributed by atoms with Crippen LogP contribution in [0.1, 0.15) is 43.2 Å². The number of rotatable bonds is 7. The van der Waals surface area contributed by atoms with Gasteiger partial charge in [0.05, 0.1) is 17.7 Å². The van der Waals surface area contributed by atoms with Gasteiger partial charge in [0.25, 0.3) is 0 Å². The number of aliphatic imine (C=N–C) groups is 1. The maximum atomic E-state index is 6.02. The van der Waals surface area contributed by atoms with Crippen molar-refractivity contribution in [2.45, 2.75) is 60.1 Å². The lowest BCUT2D eigenvalue weighted by atomic mass is 10.0. The first-order valence-electron chi connectivity index (χ1n) is 9.22. The highest BCUT2D eigenvalue weighted by molar-refractivity contribution is 5.62. The lowest BCUT2D eigenvalue weighted by Gasteiger charge is -2.17. The predicted octanol–water partition coefficient (Wildman–Crippen LogP) is 5.02. The number of hydrogen-bond donors (Lipinski definition) is 0. The monoisotopic (exact) mass is 353 g/mol. The summed E-state index contributed by atoms with van der Waals surface area (Å²) in [5.41, 5.74) is 5.61. The molecule has 0 amide bonds. The Bertz CT molecular complexity index is 748. The summed E-state index contributed by atoms with van der Waals surface area (Å²) in [7, 11) is 2.02. The summed E-state index contributed by atoms with van der Waals surface area (Å²) < 4.78 is 6.02. The minimum atomic E-state index is 0.0597. The van der Waals surface area contributed by atoms with E-state index in [0.717, 1.165) is 17.8 Å². The lowest BCUT2D eigenvalue weighted by Crippen LogP contribution is -2.24. The van der Waals surface area contributed by atoms with E-state index in [-0.39, 0.29) is 6.10 Å². The summed E-state index contributed by atoms with van der Waals surface area (Å²) in [5.74, 6) is 0.649. The molecule has 0 bridgehead atoms. The Labute approximate surface area is 157 Å². The van der Waals surface area contributed by atoms with E-state index in [1.54, 1.807) is 0 Å². The Morgan fingerprint density at radius 1 is 1.08 bits per heavy atom. The Balaban J connectivity index is 2.02. The van der Waals surface area contributed by atoms with Crippen molar-refractivity contribution < 1.29 is 4.74 Å². The summed E-state index contributed by atoms with van der Waals surface area (Å²) in [6, 6.07) is 10.9. The minimum absolute atomic E-state index is 0.0597. The van der Waals surface area contributed by atoms with E-state index in [9.17, 15) is 0 Å². The van der Waals surface area contributed by atoms with Crippen LogP contribution in [0.25, 0.3) is 0 Å². The fourth-order valence-corrected chi connectivity index (χ4v) is 2.79. The van der Waals surface area contributed by atoms with Gasteiger partial charge in [-0.1, -0.05) is 29.3 Å². The van der Waals surface area contributed by atoms with Crippen LogP contribution in [0.5, 0.6) is 5.88 Å². The van der Waals surface area contributed by atoms with Crippen molar-refractivity contribution >= 4 is 12.0 Å². The first-order valence-corrected chi connectivity index (χ1v) is 9.22. The molecule has 0 spiro atoms. The van der Waals surface area contributed by atoms with Crippen LogP contribution in [-0.4, -0.2) is 35.4 Å². The molecule has 0 saturated heterocycles. The Kier molecular flexibility index (Phi) is 6.78. The number of aromatic nitrogens is 1. The molecule has 0 N–H and O–H groups in total. The van der Waals surface area contributed by atoms with Gasteiger partial charge in [-0.05, 0) is 53.2 Å². The second-order valence-electron chi connectivity index (χ2n) is 7.39. The van der Waals surface area contributed by atoms with Crippen LogP contribution in [0, 0.1) is 20.8 Å².